The molecule has 0 bridgehead atoms. The van der Waals surface area contributed by atoms with Gasteiger partial charge in [-0.05, 0) is 19.1 Å². The summed E-state index contributed by atoms with van der Waals surface area (Å²) in [5.74, 6) is 0.465. The molecule has 0 aliphatic rings. The fourth-order valence-corrected chi connectivity index (χ4v) is 3.10. The first kappa shape index (κ1) is 15.9. The summed E-state index contributed by atoms with van der Waals surface area (Å²) in [5.41, 5.74) is 5.23. The summed E-state index contributed by atoms with van der Waals surface area (Å²) in [6.45, 7) is 1.83. The third kappa shape index (κ3) is 2.19. The number of imidazole rings is 2. The number of nitrogens with two attached hydrogens (primary N) is 1. The highest BCUT2D eigenvalue weighted by Crippen LogP contribution is 2.17. The predicted molar refractivity (Wildman–Crippen MR) is 91.9 cm³/mol. The number of hydrogen-bond donors (Lipinski definition) is 1. The quantitative estimate of drug-likeness (QED) is 0.532. The maximum Gasteiger partial charge on any atom is 0.332 e. The van der Waals surface area contributed by atoms with Gasteiger partial charge in [0.2, 0.25) is 11.7 Å². The van der Waals surface area contributed by atoms with Crippen molar-refractivity contribution in [3.05, 3.63) is 56.9 Å². The van der Waals surface area contributed by atoms with Crippen molar-refractivity contribution in [3.63, 3.8) is 0 Å². The van der Waals surface area contributed by atoms with Crippen LogP contribution in [0.3, 0.4) is 0 Å². The lowest BCUT2D eigenvalue weighted by Crippen LogP contribution is -2.42. The number of carbonyl (C=O) groups excluding carboxylic acids is 1. The highest BCUT2D eigenvalue weighted by atomic mass is 16.3. The maximum atomic E-state index is 12.8. The Bertz CT molecular complexity index is 1270. The van der Waals surface area contributed by atoms with E-state index in [1.807, 2.05) is 17.6 Å². The average Bonchev–Trinajstić information content (AvgIpc) is 3.28. The van der Waals surface area contributed by atoms with E-state index in [1.54, 1.807) is 22.9 Å². The fraction of sp³-hybridized carbons (Fsp3) is 0.250. The van der Waals surface area contributed by atoms with Gasteiger partial charge in [-0.15, -0.1) is 0 Å². The standard InChI is InChI=1S/C16H16N6O4/c1-9-6-21-12-13(18-15(21)20(9)7-10-4-3-5-26-10)19(2)16(25)22(14(12)24)8-11(17)23/h3-6H,7-8H2,1-2H3,(H2,17,23). The Morgan fingerprint density at radius 1 is 1.31 bits per heavy atom. The van der Waals surface area contributed by atoms with Gasteiger partial charge in [-0.25, -0.2) is 9.36 Å². The molecular weight excluding hydrogens is 340 g/mol. The van der Waals surface area contributed by atoms with Crippen molar-refractivity contribution in [1.82, 2.24) is 23.1 Å². The zero-order valence-corrected chi connectivity index (χ0v) is 14.2. The van der Waals surface area contributed by atoms with Crippen LogP contribution in [-0.4, -0.2) is 29.0 Å². The van der Waals surface area contributed by atoms with Crippen molar-refractivity contribution in [2.45, 2.75) is 20.0 Å². The molecule has 10 heteroatoms. The first-order valence-electron chi connectivity index (χ1n) is 7.87. The second kappa shape index (κ2) is 5.48. The van der Waals surface area contributed by atoms with Crippen LogP contribution < -0.4 is 17.0 Å². The Kier molecular flexibility index (Phi) is 3.36. The number of aromatic nitrogens is 5. The molecule has 0 saturated heterocycles. The summed E-state index contributed by atoms with van der Waals surface area (Å²) < 4.78 is 10.9. The molecule has 1 amide bonds. The van der Waals surface area contributed by atoms with Crippen molar-refractivity contribution >= 4 is 22.8 Å². The molecule has 26 heavy (non-hydrogen) atoms. The third-order valence-electron chi connectivity index (χ3n) is 4.35. The number of primary amides is 1. The van der Waals surface area contributed by atoms with Gasteiger partial charge in [-0.1, -0.05) is 0 Å². The molecular formula is C16H16N6O4. The van der Waals surface area contributed by atoms with E-state index < -0.39 is 23.7 Å². The number of furan rings is 1. The van der Waals surface area contributed by atoms with Crippen LogP contribution >= 0.6 is 0 Å². The predicted octanol–water partition coefficient (Wildman–Crippen LogP) is -0.416. The van der Waals surface area contributed by atoms with E-state index in [4.69, 9.17) is 10.2 Å². The molecule has 0 aliphatic carbocycles. The molecule has 0 aliphatic heterocycles. The minimum Gasteiger partial charge on any atom is -0.467 e. The first-order chi connectivity index (χ1) is 12.4. The lowest BCUT2D eigenvalue weighted by Gasteiger charge is -2.05. The van der Waals surface area contributed by atoms with Crippen LogP contribution in [0.15, 0.2) is 38.6 Å². The molecule has 134 valence electrons. The van der Waals surface area contributed by atoms with E-state index in [-0.39, 0.29) is 11.2 Å². The number of fused-ring (bicyclic) bond motifs is 3. The van der Waals surface area contributed by atoms with Crippen molar-refractivity contribution in [2.24, 2.45) is 12.8 Å². The Morgan fingerprint density at radius 3 is 2.73 bits per heavy atom. The number of aryl methyl sites for hydroxylation is 2. The number of amides is 1. The van der Waals surface area contributed by atoms with Crippen LogP contribution in [0.1, 0.15) is 11.5 Å². The van der Waals surface area contributed by atoms with E-state index >= 15 is 0 Å². The second-order valence-corrected chi connectivity index (χ2v) is 6.09. The molecule has 4 rings (SSSR count). The monoisotopic (exact) mass is 356 g/mol. The molecule has 2 N–H and O–H groups in total. The number of hydrogen-bond acceptors (Lipinski definition) is 5. The van der Waals surface area contributed by atoms with E-state index in [2.05, 4.69) is 4.98 Å². The number of carbonyl (C=O) groups is 1. The Hall–Kier alpha value is -3.56. The molecule has 0 aromatic carbocycles. The molecule has 4 heterocycles. The van der Waals surface area contributed by atoms with Crippen LogP contribution in [-0.2, 0) is 24.9 Å². The fourth-order valence-electron chi connectivity index (χ4n) is 3.10. The molecule has 0 radical (unpaired) electrons. The zero-order valence-electron chi connectivity index (χ0n) is 14.2. The van der Waals surface area contributed by atoms with E-state index in [0.717, 1.165) is 16.0 Å². The Balaban J connectivity index is 2.04. The normalized spacial score (nSPS) is 11.6. The smallest absolute Gasteiger partial charge is 0.332 e. The molecule has 0 unspecified atom stereocenters. The minimum absolute atomic E-state index is 0.213. The van der Waals surface area contributed by atoms with Gasteiger partial charge in [-0.2, -0.15) is 4.98 Å². The minimum atomic E-state index is -0.768. The maximum absolute atomic E-state index is 12.8. The lowest BCUT2D eigenvalue weighted by atomic mass is 10.4. The second-order valence-electron chi connectivity index (χ2n) is 6.09. The molecule has 0 atom stereocenters. The van der Waals surface area contributed by atoms with Gasteiger partial charge in [0.25, 0.3) is 5.56 Å². The largest absolute Gasteiger partial charge is 0.467 e. The van der Waals surface area contributed by atoms with E-state index in [1.165, 1.54) is 11.6 Å². The van der Waals surface area contributed by atoms with Gasteiger partial charge < -0.3 is 14.7 Å². The van der Waals surface area contributed by atoms with Gasteiger partial charge in [0.05, 0.1) is 12.8 Å². The van der Waals surface area contributed by atoms with Gasteiger partial charge in [0, 0.05) is 18.9 Å². The number of nitrogens with zero attached hydrogens (tertiary/aromatic N) is 5. The van der Waals surface area contributed by atoms with Crippen LogP contribution in [0, 0.1) is 6.92 Å². The molecule has 4 aromatic rings. The van der Waals surface area contributed by atoms with Crippen LogP contribution in [0.4, 0.5) is 0 Å². The van der Waals surface area contributed by atoms with Gasteiger partial charge in [0.1, 0.15) is 12.3 Å². The SMILES string of the molecule is Cc1cn2c3c(=O)n(CC(N)=O)c(=O)n(C)c3nc2n1Cc1ccco1. The molecule has 10 nitrogen and oxygen atoms in total. The molecule has 4 aromatic heterocycles. The van der Waals surface area contributed by atoms with Crippen molar-refractivity contribution in [2.75, 3.05) is 0 Å². The molecule has 0 fully saturated rings. The summed E-state index contributed by atoms with van der Waals surface area (Å²) in [7, 11) is 1.50. The lowest BCUT2D eigenvalue weighted by molar-refractivity contribution is -0.118. The van der Waals surface area contributed by atoms with Crippen LogP contribution in [0.5, 0.6) is 0 Å². The highest BCUT2D eigenvalue weighted by molar-refractivity contribution is 5.77. The summed E-state index contributed by atoms with van der Waals surface area (Å²) >= 11 is 0. The average molecular weight is 356 g/mol. The number of rotatable bonds is 4. The van der Waals surface area contributed by atoms with Crippen molar-refractivity contribution < 1.29 is 9.21 Å². The Labute approximate surface area is 145 Å². The van der Waals surface area contributed by atoms with Gasteiger partial charge >= 0.3 is 5.69 Å². The first-order valence-corrected chi connectivity index (χ1v) is 7.87. The zero-order chi connectivity index (χ0) is 18.6. The van der Waals surface area contributed by atoms with Crippen molar-refractivity contribution in [1.29, 1.82) is 0 Å². The molecule has 0 saturated carbocycles. The summed E-state index contributed by atoms with van der Waals surface area (Å²) in [6.07, 6.45) is 3.34. The van der Waals surface area contributed by atoms with Crippen LogP contribution in [0.25, 0.3) is 16.9 Å². The third-order valence-corrected chi connectivity index (χ3v) is 4.35. The van der Waals surface area contributed by atoms with E-state index in [0.29, 0.717) is 12.3 Å². The topological polar surface area (TPSA) is 122 Å². The van der Waals surface area contributed by atoms with Crippen molar-refractivity contribution in [3.8, 4) is 0 Å². The Morgan fingerprint density at radius 2 is 2.08 bits per heavy atom. The summed E-state index contributed by atoms with van der Waals surface area (Å²) in [6, 6.07) is 3.63. The highest BCUT2D eigenvalue weighted by Gasteiger charge is 2.21. The van der Waals surface area contributed by atoms with Crippen LogP contribution in [0.2, 0.25) is 0 Å². The summed E-state index contributed by atoms with van der Waals surface area (Å²) in [5, 5.41) is 0. The summed E-state index contributed by atoms with van der Waals surface area (Å²) in [4.78, 5) is 40.9. The molecule has 0 spiro atoms. The van der Waals surface area contributed by atoms with Gasteiger partial charge in [-0.3, -0.25) is 18.6 Å². The van der Waals surface area contributed by atoms with Gasteiger partial charge in [0.15, 0.2) is 11.2 Å². The van der Waals surface area contributed by atoms with E-state index in [9.17, 15) is 14.4 Å².